The Balaban J connectivity index is 1.28. The van der Waals surface area contributed by atoms with Crippen molar-refractivity contribution in [1.82, 2.24) is 15.1 Å². The van der Waals surface area contributed by atoms with E-state index in [1.807, 2.05) is 30.3 Å². The second kappa shape index (κ2) is 12.8. The van der Waals surface area contributed by atoms with E-state index in [9.17, 15) is 13.6 Å². The number of halogens is 2. The van der Waals surface area contributed by atoms with Crippen molar-refractivity contribution in [2.75, 3.05) is 63.8 Å². The number of hydrogen-bond donors (Lipinski definition) is 2. The minimum atomic E-state index is -0.707. The minimum absolute atomic E-state index is 0.235. The number of methoxy groups -OCH3 is 1. The molecule has 226 valence electrons. The van der Waals surface area contributed by atoms with Crippen molar-refractivity contribution < 1.29 is 23.0 Å². The van der Waals surface area contributed by atoms with Gasteiger partial charge in [0.1, 0.15) is 17.7 Å². The molecule has 10 heteroatoms. The maximum absolute atomic E-state index is 14.0. The SMILES string of the molecule is COC(c1cc(F)cc(F)c1)c1ccc2[nH]nc(NC(=O)c3ccc(N4CCN(C)CC4)cc3CC3CCOCC3)c2c1. The van der Waals surface area contributed by atoms with Crippen molar-refractivity contribution in [3.63, 3.8) is 0 Å². The van der Waals surface area contributed by atoms with Crippen LogP contribution in [-0.2, 0) is 15.9 Å². The Morgan fingerprint density at radius 1 is 1.02 bits per heavy atom. The van der Waals surface area contributed by atoms with Crippen LogP contribution in [0.3, 0.4) is 0 Å². The number of likely N-dealkylation sites (N-methyl/N-ethyl adjacent to an activating group) is 1. The summed E-state index contributed by atoms with van der Waals surface area (Å²) in [6.07, 6.45) is 2.05. The van der Waals surface area contributed by atoms with Crippen molar-refractivity contribution in [2.45, 2.75) is 25.4 Å². The first kappa shape index (κ1) is 29.2. The summed E-state index contributed by atoms with van der Waals surface area (Å²) < 4.78 is 39.2. The van der Waals surface area contributed by atoms with Gasteiger partial charge >= 0.3 is 0 Å². The van der Waals surface area contributed by atoms with Crippen LogP contribution in [0.2, 0.25) is 0 Å². The summed E-state index contributed by atoms with van der Waals surface area (Å²) in [5.74, 6) is -0.756. The highest BCUT2D eigenvalue weighted by molar-refractivity contribution is 6.09. The molecule has 0 saturated carbocycles. The van der Waals surface area contributed by atoms with E-state index in [0.717, 1.165) is 76.0 Å². The number of aromatic amines is 1. The van der Waals surface area contributed by atoms with Crippen molar-refractivity contribution >= 4 is 28.3 Å². The molecule has 2 aliphatic rings. The van der Waals surface area contributed by atoms with Gasteiger partial charge < -0.3 is 24.6 Å². The summed E-state index contributed by atoms with van der Waals surface area (Å²) in [7, 11) is 3.63. The Morgan fingerprint density at radius 3 is 2.49 bits per heavy atom. The maximum Gasteiger partial charge on any atom is 0.257 e. The molecule has 0 spiro atoms. The van der Waals surface area contributed by atoms with Crippen LogP contribution in [0.15, 0.2) is 54.6 Å². The first-order valence-corrected chi connectivity index (χ1v) is 14.8. The Kier molecular flexibility index (Phi) is 8.69. The average Bonchev–Trinajstić information content (AvgIpc) is 3.40. The number of aromatic nitrogens is 2. The van der Waals surface area contributed by atoms with Crippen molar-refractivity contribution in [3.05, 3.63) is 88.5 Å². The number of fused-ring (bicyclic) bond motifs is 1. The first-order chi connectivity index (χ1) is 20.9. The number of carbonyl (C=O) groups is 1. The molecule has 1 atom stereocenters. The van der Waals surface area contributed by atoms with Gasteiger partial charge in [-0.1, -0.05) is 6.07 Å². The van der Waals surface area contributed by atoms with Crippen LogP contribution >= 0.6 is 0 Å². The fraction of sp³-hybridized carbons (Fsp3) is 0.394. The van der Waals surface area contributed by atoms with Gasteiger partial charge in [0.05, 0.1) is 5.52 Å². The zero-order chi connectivity index (χ0) is 29.9. The highest BCUT2D eigenvalue weighted by Gasteiger charge is 2.23. The summed E-state index contributed by atoms with van der Waals surface area (Å²) >= 11 is 0. The van der Waals surface area contributed by atoms with E-state index < -0.39 is 17.7 Å². The van der Waals surface area contributed by atoms with E-state index in [1.54, 1.807) is 0 Å². The average molecular weight is 590 g/mol. The topological polar surface area (TPSA) is 82.7 Å². The highest BCUT2D eigenvalue weighted by atomic mass is 19.1. The molecule has 3 aromatic carbocycles. The van der Waals surface area contributed by atoms with Gasteiger partial charge in [-0.15, -0.1) is 0 Å². The molecule has 2 fully saturated rings. The number of H-pyrrole nitrogens is 1. The molecule has 1 unspecified atom stereocenters. The summed E-state index contributed by atoms with van der Waals surface area (Å²) in [6.45, 7) is 5.40. The number of ether oxygens (including phenoxy) is 2. The third-order valence-electron chi connectivity index (χ3n) is 8.60. The number of piperazine rings is 1. The van der Waals surface area contributed by atoms with E-state index >= 15 is 0 Å². The third-order valence-corrected chi connectivity index (χ3v) is 8.60. The number of amides is 1. The fourth-order valence-corrected chi connectivity index (χ4v) is 6.15. The van der Waals surface area contributed by atoms with Gasteiger partial charge in [0.25, 0.3) is 5.91 Å². The molecule has 1 amide bonds. The van der Waals surface area contributed by atoms with Crippen molar-refractivity contribution in [2.24, 2.45) is 5.92 Å². The quantitative estimate of drug-likeness (QED) is 0.281. The number of hydrogen-bond acceptors (Lipinski definition) is 6. The lowest BCUT2D eigenvalue weighted by Gasteiger charge is -2.34. The van der Waals surface area contributed by atoms with Crippen LogP contribution in [0.1, 0.15) is 46.0 Å². The zero-order valence-electron chi connectivity index (χ0n) is 24.5. The van der Waals surface area contributed by atoms with Crippen LogP contribution in [0, 0.1) is 17.6 Å². The number of nitrogens with zero attached hydrogens (tertiary/aromatic N) is 3. The number of carbonyl (C=O) groups excluding carboxylic acids is 1. The van der Waals surface area contributed by atoms with Gasteiger partial charge in [-0.05, 0) is 91.4 Å². The minimum Gasteiger partial charge on any atom is -0.381 e. The van der Waals surface area contributed by atoms with Gasteiger partial charge in [-0.3, -0.25) is 9.89 Å². The van der Waals surface area contributed by atoms with E-state index in [1.165, 1.54) is 19.2 Å². The van der Waals surface area contributed by atoms with Gasteiger partial charge in [0, 0.05) is 69.2 Å². The van der Waals surface area contributed by atoms with Gasteiger partial charge in [0.15, 0.2) is 5.82 Å². The Hall–Kier alpha value is -3.86. The van der Waals surface area contributed by atoms with Crippen LogP contribution in [-0.4, -0.2) is 74.6 Å². The molecule has 4 aromatic rings. The predicted molar refractivity (Wildman–Crippen MR) is 163 cm³/mol. The Bertz CT molecular complexity index is 1570. The molecular formula is C33H37F2N5O3. The smallest absolute Gasteiger partial charge is 0.257 e. The maximum atomic E-state index is 14.0. The Labute approximate surface area is 250 Å². The lowest BCUT2D eigenvalue weighted by Crippen LogP contribution is -2.44. The molecule has 0 aliphatic carbocycles. The second-order valence-electron chi connectivity index (χ2n) is 11.5. The Morgan fingerprint density at radius 2 is 1.77 bits per heavy atom. The molecule has 2 aliphatic heterocycles. The molecular weight excluding hydrogens is 552 g/mol. The zero-order valence-corrected chi connectivity index (χ0v) is 24.5. The van der Waals surface area contributed by atoms with Crippen LogP contribution in [0.25, 0.3) is 10.9 Å². The fourth-order valence-electron chi connectivity index (χ4n) is 6.15. The molecule has 1 aromatic heterocycles. The monoisotopic (exact) mass is 589 g/mol. The van der Waals surface area contributed by atoms with E-state index in [-0.39, 0.29) is 5.91 Å². The highest BCUT2D eigenvalue weighted by Crippen LogP contribution is 2.32. The lowest BCUT2D eigenvalue weighted by atomic mass is 9.89. The standard InChI is InChI=1S/C33H37F2N5O3/c1-39-9-11-40(12-10-39)27-4-5-28(23(18-27)15-21-7-13-43-14-8-21)33(41)36-32-29-19-22(3-6-30(29)37-38-32)31(42-2)24-16-25(34)20-26(35)17-24/h3-6,16-21,31H,7-15H2,1-2H3,(H2,36,37,38,41). The molecule has 0 bridgehead atoms. The number of nitrogens with one attached hydrogen (secondary N) is 2. The predicted octanol–water partition coefficient (Wildman–Crippen LogP) is 5.55. The van der Waals surface area contributed by atoms with Gasteiger partial charge in [0.2, 0.25) is 0 Å². The van der Waals surface area contributed by atoms with Gasteiger partial charge in [-0.2, -0.15) is 5.10 Å². The van der Waals surface area contributed by atoms with E-state index in [2.05, 4.69) is 38.4 Å². The van der Waals surface area contributed by atoms with Crippen LogP contribution < -0.4 is 10.2 Å². The summed E-state index contributed by atoms with van der Waals surface area (Å²) in [4.78, 5) is 18.5. The largest absolute Gasteiger partial charge is 0.381 e. The number of anilines is 2. The molecule has 8 nitrogen and oxygen atoms in total. The first-order valence-electron chi connectivity index (χ1n) is 14.8. The summed E-state index contributed by atoms with van der Waals surface area (Å²) in [6, 6.07) is 14.9. The van der Waals surface area contributed by atoms with Crippen molar-refractivity contribution in [3.8, 4) is 0 Å². The number of benzene rings is 3. The molecule has 2 saturated heterocycles. The normalized spacial score (nSPS) is 17.3. The van der Waals surface area contributed by atoms with Crippen LogP contribution in [0.5, 0.6) is 0 Å². The second-order valence-corrected chi connectivity index (χ2v) is 11.5. The molecule has 43 heavy (non-hydrogen) atoms. The lowest BCUT2D eigenvalue weighted by molar-refractivity contribution is 0.0664. The molecule has 0 radical (unpaired) electrons. The van der Waals surface area contributed by atoms with Gasteiger partial charge in [-0.25, -0.2) is 8.78 Å². The molecule has 3 heterocycles. The van der Waals surface area contributed by atoms with E-state index in [0.29, 0.717) is 39.3 Å². The molecule has 2 N–H and O–H groups in total. The van der Waals surface area contributed by atoms with E-state index in [4.69, 9.17) is 9.47 Å². The van der Waals surface area contributed by atoms with Crippen molar-refractivity contribution in [1.29, 1.82) is 0 Å². The number of rotatable bonds is 8. The van der Waals surface area contributed by atoms with Crippen LogP contribution in [0.4, 0.5) is 20.3 Å². The summed E-state index contributed by atoms with van der Waals surface area (Å²) in [5.41, 5.74) is 4.53. The third kappa shape index (κ3) is 6.56. The summed E-state index contributed by atoms with van der Waals surface area (Å²) in [5, 5.41) is 11.0. The molecule has 6 rings (SSSR count).